The summed E-state index contributed by atoms with van der Waals surface area (Å²) in [5.74, 6) is -0.749. The third-order valence-electron chi connectivity index (χ3n) is 2.98. The number of ether oxygens (including phenoxy) is 1. The van der Waals surface area contributed by atoms with Crippen LogP contribution in [0.1, 0.15) is 15.9 Å². The first-order chi connectivity index (χ1) is 10.9. The van der Waals surface area contributed by atoms with Crippen LogP contribution in [0.2, 0.25) is 0 Å². The Morgan fingerprint density at radius 1 is 1.13 bits per heavy atom. The Balaban J connectivity index is 2.10. The number of hydrogen-bond donors (Lipinski definition) is 1. The van der Waals surface area contributed by atoms with Crippen molar-refractivity contribution in [3.63, 3.8) is 0 Å². The van der Waals surface area contributed by atoms with Gasteiger partial charge in [0.2, 0.25) is 0 Å². The normalized spacial score (nSPS) is 13.1. The Bertz CT molecular complexity index is 729. The molecule has 122 valence electrons. The Morgan fingerprint density at radius 3 is 2.43 bits per heavy atom. The molecular weight excluding hydrogens is 319 g/mol. The summed E-state index contributed by atoms with van der Waals surface area (Å²) in [6.45, 7) is 1.49. The van der Waals surface area contributed by atoms with Gasteiger partial charge in [-0.15, -0.1) is 0 Å². The zero-order valence-electron chi connectivity index (χ0n) is 12.8. The molecule has 0 saturated heterocycles. The molecule has 0 amide bonds. The van der Waals surface area contributed by atoms with Gasteiger partial charge in [0.25, 0.3) is 0 Å². The van der Waals surface area contributed by atoms with Gasteiger partial charge in [0.15, 0.2) is 11.5 Å². The first-order valence-electron chi connectivity index (χ1n) is 6.78. The molecule has 0 aromatic heterocycles. The molecular formula is C16H17O6P. The minimum Gasteiger partial charge on any atom is -0.493 e. The van der Waals surface area contributed by atoms with Crippen molar-refractivity contribution >= 4 is 13.6 Å². The van der Waals surface area contributed by atoms with Crippen LogP contribution in [0.25, 0.3) is 0 Å². The van der Waals surface area contributed by atoms with Crippen molar-refractivity contribution in [3.05, 3.63) is 59.7 Å². The lowest BCUT2D eigenvalue weighted by Crippen LogP contribution is -2.01. The van der Waals surface area contributed by atoms with E-state index in [1.165, 1.54) is 32.0 Å². The average molecular weight is 336 g/mol. The van der Waals surface area contributed by atoms with Crippen LogP contribution in [-0.4, -0.2) is 24.9 Å². The number of rotatable bonds is 7. The third kappa shape index (κ3) is 4.84. The Labute approximate surface area is 134 Å². The second-order valence-corrected chi connectivity index (χ2v) is 6.78. The van der Waals surface area contributed by atoms with Crippen LogP contribution >= 0.6 is 7.60 Å². The summed E-state index contributed by atoms with van der Waals surface area (Å²) < 4.78 is 28.3. The highest BCUT2D eigenvalue weighted by Gasteiger charge is 2.22. The van der Waals surface area contributed by atoms with Gasteiger partial charge < -0.3 is 14.4 Å². The van der Waals surface area contributed by atoms with E-state index >= 15 is 0 Å². The molecule has 7 heteroatoms. The molecule has 0 radical (unpaired) electrons. The summed E-state index contributed by atoms with van der Waals surface area (Å²) in [4.78, 5) is 10.9. The highest BCUT2D eigenvalue weighted by molar-refractivity contribution is 7.53. The SMILES string of the molecule is COc1cc(C(=O)O)ccc1OP(C)(=O)OCc1ccccc1. The quantitative estimate of drug-likeness (QED) is 0.774. The minimum absolute atomic E-state index is 0.0466. The molecule has 0 aliphatic carbocycles. The molecule has 1 atom stereocenters. The molecule has 0 bridgehead atoms. The largest absolute Gasteiger partial charge is 0.493 e. The lowest BCUT2D eigenvalue weighted by Gasteiger charge is -2.17. The number of methoxy groups -OCH3 is 1. The van der Waals surface area contributed by atoms with E-state index in [1.54, 1.807) is 0 Å². The standard InChI is InChI=1S/C16H17O6P/c1-20-15-10-13(16(17)18)8-9-14(15)22-23(2,19)21-11-12-6-4-3-5-7-12/h3-10H,11H2,1-2H3,(H,17,18). The molecule has 1 N–H and O–H groups in total. The van der Waals surface area contributed by atoms with Crippen LogP contribution in [0.15, 0.2) is 48.5 Å². The molecule has 0 spiro atoms. The fraction of sp³-hybridized carbons (Fsp3) is 0.188. The first kappa shape index (κ1) is 17.1. The number of carboxylic acids is 1. The number of hydrogen-bond acceptors (Lipinski definition) is 5. The molecule has 1 unspecified atom stereocenters. The van der Waals surface area contributed by atoms with Gasteiger partial charge in [-0.3, -0.25) is 4.52 Å². The molecule has 2 aromatic rings. The van der Waals surface area contributed by atoms with Crippen LogP contribution in [0.5, 0.6) is 11.5 Å². The van der Waals surface area contributed by atoms with Crippen molar-refractivity contribution < 1.29 is 28.3 Å². The van der Waals surface area contributed by atoms with Crippen LogP contribution in [0.4, 0.5) is 0 Å². The average Bonchev–Trinajstić information content (AvgIpc) is 2.54. The number of carboxylic acid groups (broad SMARTS) is 1. The number of aromatic carboxylic acids is 1. The molecule has 0 saturated carbocycles. The van der Waals surface area contributed by atoms with Crippen LogP contribution < -0.4 is 9.26 Å². The van der Waals surface area contributed by atoms with Gasteiger partial charge in [0.1, 0.15) is 0 Å². The molecule has 0 heterocycles. The maximum Gasteiger partial charge on any atom is 0.376 e. The van der Waals surface area contributed by atoms with E-state index < -0.39 is 13.6 Å². The fourth-order valence-electron chi connectivity index (χ4n) is 1.85. The summed E-state index contributed by atoms with van der Waals surface area (Å²) in [6, 6.07) is 13.3. The van der Waals surface area contributed by atoms with E-state index in [4.69, 9.17) is 18.9 Å². The Morgan fingerprint density at radius 2 is 1.83 bits per heavy atom. The third-order valence-corrected chi connectivity index (χ3v) is 4.11. The Kier molecular flexibility index (Phi) is 5.42. The molecule has 0 aliphatic rings. The molecule has 23 heavy (non-hydrogen) atoms. The molecule has 2 aromatic carbocycles. The van der Waals surface area contributed by atoms with Gasteiger partial charge in [-0.1, -0.05) is 30.3 Å². The zero-order valence-corrected chi connectivity index (χ0v) is 13.7. The molecule has 2 rings (SSSR count). The Hall–Kier alpha value is -2.30. The van der Waals surface area contributed by atoms with Crippen LogP contribution in [-0.2, 0) is 15.7 Å². The van der Waals surface area contributed by atoms with E-state index in [2.05, 4.69) is 0 Å². The van der Waals surface area contributed by atoms with E-state index in [-0.39, 0.29) is 23.7 Å². The smallest absolute Gasteiger partial charge is 0.376 e. The van der Waals surface area contributed by atoms with Gasteiger partial charge >= 0.3 is 13.6 Å². The molecule has 6 nitrogen and oxygen atoms in total. The van der Waals surface area contributed by atoms with Crippen molar-refractivity contribution in [1.29, 1.82) is 0 Å². The zero-order chi connectivity index (χ0) is 16.9. The van der Waals surface area contributed by atoms with E-state index in [0.29, 0.717) is 0 Å². The van der Waals surface area contributed by atoms with Crippen LogP contribution in [0, 0.1) is 0 Å². The van der Waals surface area contributed by atoms with Gasteiger partial charge in [-0.05, 0) is 23.8 Å². The van der Waals surface area contributed by atoms with Gasteiger partial charge in [0, 0.05) is 6.66 Å². The van der Waals surface area contributed by atoms with Crippen molar-refractivity contribution in [2.75, 3.05) is 13.8 Å². The summed E-state index contributed by atoms with van der Waals surface area (Å²) in [5, 5.41) is 8.96. The summed E-state index contributed by atoms with van der Waals surface area (Å²) in [5.41, 5.74) is 0.914. The first-order valence-corrected chi connectivity index (χ1v) is 8.77. The topological polar surface area (TPSA) is 82.1 Å². The maximum absolute atomic E-state index is 12.4. The predicted octanol–water partition coefficient (Wildman–Crippen LogP) is 3.81. The summed E-state index contributed by atoms with van der Waals surface area (Å²) >= 11 is 0. The van der Waals surface area contributed by atoms with Crippen LogP contribution in [0.3, 0.4) is 0 Å². The molecule has 0 aliphatic heterocycles. The minimum atomic E-state index is -3.39. The fourth-order valence-corrected chi connectivity index (χ4v) is 2.79. The van der Waals surface area contributed by atoms with Gasteiger partial charge in [-0.2, -0.15) is 0 Å². The monoisotopic (exact) mass is 336 g/mol. The van der Waals surface area contributed by atoms with Gasteiger partial charge in [-0.25, -0.2) is 9.36 Å². The second kappa shape index (κ2) is 7.31. The van der Waals surface area contributed by atoms with E-state index in [9.17, 15) is 9.36 Å². The van der Waals surface area contributed by atoms with E-state index in [0.717, 1.165) is 5.56 Å². The highest BCUT2D eigenvalue weighted by Crippen LogP contribution is 2.47. The van der Waals surface area contributed by atoms with E-state index in [1.807, 2.05) is 30.3 Å². The summed E-state index contributed by atoms with van der Waals surface area (Å²) in [7, 11) is -2.01. The molecule has 0 fully saturated rings. The summed E-state index contributed by atoms with van der Waals surface area (Å²) in [6.07, 6.45) is 0. The maximum atomic E-state index is 12.4. The lowest BCUT2D eigenvalue weighted by atomic mass is 10.2. The van der Waals surface area contributed by atoms with Crippen molar-refractivity contribution in [2.24, 2.45) is 0 Å². The number of benzene rings is 2. The van der Waals surface area contributed by atoms with Gasteiger partial charge in [0.05, 0.1) is 19.3 Å². The lowest BCUT2D eigenvalue weighted by molar-refractivity contribution is 0.0696. The van der Waals surface area contributed by atoms with Crippen molar-refractivity contribution in [1.82, 2.24) is 0 Å². The number of carbonyl (C=O) groups is 1. The van der Waals surface area contributed by atoms with Crippen molar-refractivity contribution in [3.8, 4) is 11.5 Å². The second-order valence-electron chi connectivity index (χ2n) is 4.79. The highest BCUT2D eigenvalue weighted by atomic mass is 31.2. The predicted molar refractivity (Wildman–Crippen MR) is 85.3 cm³/mol. The van der Waals surface area contributed by atoms with Crippen molar-refractivity contribution in [2.45, 2.75) is 6.61 Å².